The number of benzene rings is 2. The first-order valence-corrected chi connectivity index (χ1v) is 6.00. The molecule has 3 heteroatoms. The van der Waals surface area contributed by atoms with E-state index in [1.54, 1.807) is 6.07 Å². The zero-order valence-corrected chi connectivity index (χ0v) is 10.9. The molecule has 2 aromatic carbocycles. The third kappa shape index (κ3) is 2.45. The Labute approximate surface area is 107 Å². The van der Waals surface area contributed by atoms with Gasteiger partial charge in [-0.1, -0.05) is 12.1 Å². The maximum atomic E-state index is 11.6. The molecule has 94 valence electrons. The zero-order chi connectivity index (χ0) is 13.1. The summed E-state index contributed by atoms with van der Waals surface area (Å²) in [6.07, 6.45) is 0. The number of esters is 1. The Kier molecular flexibility index (Phi) is 3.51. The lowest BCUT2D eigenvalue weighted by atomic mass is 10.1. The Balaban J connectivity index is 2.41. The van der Waals surface area contributed by atoms with Crippen LogP contribution in [0.25, 0.3) is 10.8 Å². The third-order valence-electron chi connectivity index (χ3n) is 2.85. The van der Waals surface area contributed by atoms with Gasteiger partial charge in [0.25, 0.3) is 0 Å². The fourth-order valence-electron chi connectivity index (χ4n) is 1.85. The monoisotopic (exact) mass is 243 g/mol. The van der Waals surface area contributed by atoms with Crippen LogP contribution in [0.1, 0.15) is 17.3 Å². The molecule has 18 heavy (non-hydrogen) atoms. The summed E-state index contributed by atoms with van der Waals surface area (Å²) < 4.78 is 4.99. The molecular weight excluding hydrogens is 226 g/mol. The highest BCUT2D eigenvalue weighted by atomic mass is 16.5. The van der Waals surface area contributed by atoms with E-state index in [1.165, 1.54) is 0 Å². The van der Waals surface area contributed by atoms with E-state index in [9.17, 15) is 4.79 Å². The van der Waals surface area contributed by atoms with Gasteiger partial charge < -0.3 is 9.64 Å². The smallest absolute Gasteiger partial charge is 0.338 e. The SMILES string of the molecule is CCOC(=O)c1ccc2cc(N(C)C)ccc2c1. The third-order valence-corrected chi connectivity index (χ3v) is 2.85. The number of carbonyl (C=O) groups excluding carboxylic acids is 1. The van der Waals surface area contributed by atoms with Gasteiger partial charge in [0.2, 0.25) is 0 Å². The molecule has 0 aliphatic heterocycles. The standard InChI is InChI=1S/C15H17NO2/c1-4-18-15(17)13-6-5-12-10-14(16(2)3)8-7-11(12)9-13/h5-10H,4H2,1-3H3. The molecular formula is C15H17NO2. The fourth-order valence-corrected chi connectivity index (χ4v) is 1.85. The van der Waals surface area contributed by atoms with Gasteiger partial charge in [0, 0.05) is 19.8 Å². The van der Waals surface area contributed by atoms with Gasteiger partial charge in [-0.2, -0.15) is 0 Å². The summed E-state index contributed by atoms with van der Waals surface area (Å²) in [6.45, 7) is 2.21. The molecule has 0 N–H and O–H groups in total. The van der Waals surface area contributed by atoms with E-state index in [4.69, 9.17) is 4.74 Å². The quantitative estimate of drug-likeness (QED) is 0.776. The van der Waals surface area contributed by atoms with Crippen molar-refractivity contribution < 1.29 is 9.53 Å². The normalized spacial score (nSPS) is 10.4. The van der Waals surface area contributed by atoms with Gasteiger partial charge in [0.05, 0.1) is 12.2 Å². The Morgan fingerprint density at radius 3 is 2.44 bits per heavy atom. The Morgan fingerprint density at radius 1 is 1.11 bits per heavy atom. The minimum atomic E-state index is -0.268. The van der Waals surface area contributed by atoms with E-state index in [2.05, 4.69) is 11.0 Å². The summed E-state index contributed by atoms with van der Waals surface area (Å²) in [5.74, 6) is -0.268. The van der Waals surface area contributed by atoms with Crippen LogP contribution in [0, 0.1) is 0 Å². The van der Waals surface area contributed by atoms with Crippen molar-refractivity contribution in [1.29, 1.82) is 0 Å². The second-order valence-electron chi connectivity index (χ2n) is 4.36. The van der Waals surface area contributed by atoms with Gasteiger partial charge in [-0.25, -0.2) is 4.79 Å². The van der Waals surface area contributed by atoms with E-state index in [0.717, 1.165) is 16.5 Å². The van der Waals surface area contributed by atoms with Crippen LogP contribution in [0.2, 0.25) is 0 Å². The number of nitrogens with zero attached hydrogens (tertiary/aromatic N) is 1. The van der Waals surface area contributed by atoms with E-state index in [0.29, 0.717) is 12.2 Å². The molecule has 0 aliphatic carbocycles. The average Bonchev–Trinajstić information content (AvgIpc) is 2.37. The number of hydrogen-bond donors (Lipinski definition) is 0. The van der Waals surface area contributed by atoms with Crippen molar-refractivity contribution in [3.63, 3.8) is 0 Å². The fraction of sp³-hybridized carbons (Fsp3) is 0.267. The minimum absolute atomic E-state index is 0.268. The maximum absolute atomic E-state index is 11.6. The number of carbonyl (C=O) groups is 1. The Hall–Kier alpha value is -2.03. The first kappa shape index (κ1) is 12.4. The van der Waals surface area contributed by atoms with Gasteiger partial charge in [-0.15, -0.1) is 0 Å². The van der Waals surface area contributed by atoms with Crippen molar-refractivity contribution in [2.75, 3.05) is 25.6 Å². The first-order valence-electron chi connectivity index (χ1n) is 6.00. The molecule has 0 unspecified atom stereocenters. The molecule has 0 fully saturated rings. The van der Waals surface area contributed by atoms with E-state index >= 15 is 0 Å². The van der Waals surface area contributed by atoms with Gasteiger partial charge in [0.15, 0.2) is 0 Å². The molecule has 2 aromatic rings. The molecule has 0 bridgehead atoms. The average molecular weight is 243 g/mol. The molecule has 0 spiro atoms. The topological polar surface area (TPSA) is 29.5 Å². The van der Waals surface area contributed by atoms with Crippen molar-refractivity contribution in [3.05, 3.63) is 42.0 Å². The minimum Gasteiger partial charge on any atom is -0.462 e. The largest absolute Gasteiger partial charge is 0.462 e. The van der Waals surface area contributed by atoms with Gasteiger partial charge in [0.1, 0.15) is 0 Å². The predicted molar refractivity (Wildman–Crippen MR) is 74.2 cm³/mol. The molecule has 0 aliphatic rings. The summed E-state index contributed by atoms with van der Waals surface area (Å²) in [5.41, 5.74) is 1.74. The van der Waals surface area contributed by atoms with Crippen LogP contribution in [-0.4, -0.2) is 26.7 Å². The maximum Gasteiger partial charge on any atom is 0.338 e. The molecule has 0 atom stereocenters. The second-order valence-corrected chi connectivity index (χ2v) is 4.36. The highest BCUT2D eigenvalue weighted by molar-refractivity contribution is 5.96. The Morgan fingerprint density at radius 2 is 1.78 bits per heavy atom. The number of anilines is 1. The van der Waals surface area contributed by atoms with Crippen molar-refractivity contribution in [1.82, 2.24) is 0 Å². The van der Waals surface area contributed by atoms with Crippen LogP contribution in [-0.2, 0) is 4.74 Å². The van der Waals surface area contributed by atoms with Crippen LogP contribution < -0.4 is 4.90 Å². The molecule has 0 heterocycles. The molecule has 3 nitrogen and oxygen atoms in total. The van der Waals surface area contributed by atoms with Crippen molar-refractivity contribution in [3.8, 4) is 0 Å². The van der Waals surface area contributed by atoms with E-state index < -0.39 is 0 Å². The summed E-state index contributed by atoms with van der Waals surface area (Å²) in [6, 6.07) is 11.8. The summed E-state index contributed by atoms with van der Waals surface area (Å²) in [4.78, 5) is 13.7. The van der Waals surface area contributed by atoms with Crippen molar-refractivity contribution >= 4 is 22.4 Å². The number of rotatable bonds is 3. The first-order chi connectivity index (χ1) is 8.61. The summed E-state index contributed by atoms with van der Waals surface area (Å²) in [5, 5.41) is 2.17. The highest BCUT2D eigenvalue weighted by Crippen LogP contribution is 2.22. The summed E-state index contributed by atoms with van der Waals surface area (Å²) >= 11 is 0. The van der Waals surface area contributed by atoms with E-state index in [1.807, 2.05) is 45.3 Å². The predicted octanol–water partition coefficient (Wildman–Crippen LogP) is 3.08. The summed E-state index contributed by atoms with van der Waals surface area (Å²) in [7, 11) is 4.02. The zero-order valence-electron chi connectivity index (χ0n) is 10.9. The molecule has 0 saturated heterocycles. The molecule has 0 radical (unpaired) electrons. The van der Waals surface area contributed by atoms with Crippen LogP contribution in [0.5, 0.6) is 0 Å². The van der Waals surface area contributed by atoms with Crippen LogP contribution >= 0.6 is 0 Å². The van der Waals surface area contributed by atoms with Crippen LogP contribution in [0.4, 0.5) is 5.69 Å². The van der Waals surface area contributed by atoms with Gasteiger partial charge in [-0.3, -0.25) is 0 Å². The van der Waals surface area contributed by atoms with Gasteiger partial charge in [-0.05, 0) is 42.0 Å². The lowest BCUT2D eigenvalue weighted by Crippen LogP contribution is -2.08. The van der Waals surface area contributed by atoms with E-state index in [-0.39, 0.29) is 5.97 Å². The van der Waals surface area contributed by atoms with Gasteiger partial charge >= 0.3 is 5.97 Å². The second kappa shape index (κ2) is 5.08. The molecule has 0 amide bonds. The Bertz CT molecular complexity index is 576. The lowest BCUT2D eigenvalue weighted by molar-refractivity contribution is 0.0526. The lowest BCUT2D eigenvalue weighted by Gasteiger charge is -2.13. The van der Waals surface area contributed by atoms with Crippen LogP contribution in [0.15, 0.2) is 36.4 Å². The molecule has 0 aromatic heterocycles. The van der Waals surface area contributed by atoms with Crippen molar-refractivity contribution in [2.24, 2.45) is 0 Å². The number of fused-ring (bicyclic) bond motifs is 1. The molecule has 2 rings (SSSR count). The number of ether oxygens (including phenoxy) is 1. The number of hydrogen-bond acceptors (Lipinski definition) is 3. The highest BCUT2D eigenvalue weighted by Gasteiger charge is 2.07. The van der Waals surface area contributed by atoms with Crippen LogP contribution in [0.3, 0.4) is 0 Å². The van der Waals surface area contributed by atoms with Crippen molar-refractivity contribution in [2.45, 2.75) is 6.92 Å². The molecule has 0 saturated carbocycles.